The molecule has 0 bridgehead atoms. The number of amides is 3. The van der Waals surface area contributed by atoms with Crippen molar-refractivity contribution in [1.82, 2.24) is 5.32 Å². The lowest BCUT2D eigenvalue weighted by atomic mass is 10.1. The Hall–Kier alpha value is -2.37. The van der Waals surface area contributed by atoms with Crippen LogP contribution in [0.2, 0.25) is 0 Å². The van der Waals surface area contributed by atoms with Crippen molar-refractivity contribution < 1.29 is 14.4 Å². The Morgan fingerprint density at radius 2 is 1.87 bits per heavy atom. The maximum absolute atomic E-state index is 12.0. The summed E-state index contributed by atoms with van der Waals surface area (Å²) in [5.41, 5.74) is 0.759. The summed E-state index contributed by atoms with van der Waals surface area (Å²) in [5.74, 6) is -1.32. The van der Waals surface area contributed by atoms with Gasteiger partial charge in [0.05, 0.1) is 0 Å². The minimum atomic E-state index is -0.720. The third kappa shape index (κ3) is 4.81. The molecule has 0 unspecified atom stereocenters. The Kier molecular flexibility index (Phi) is 5.03. The molecular formula is C17H23N3O3. The quantitative estimate of drug-likeness (QED) is 0.820. The summed E-state index contributed by atoms with van der Waals surface area (Å²) in [4.78, 5) is 37.4. The summed E-state index contributed by atoms with van der Waals surface area (Å²) in [5, 5.41) is 5.18. The molecule has 1 aromatic rings. The first-order chi connectivity index (χ1) is 10.8. The fourth-order valence-electron chi connectivity index (χ4n) is 2.42. The Labute approximate surface area is 136 Å². The maximum atomic E-state index is 12.0. The highest BCUT2D eigenvalue weighted by molar-refractivity contribution is 6.39. The zero-order valence-electron chi connectivity index (χ0n) is 13.8. The van der Waals surface area contributed by atoms with E-state index in [1.54, 1.807) is 43.9 Å². The molecule has 1 heterocycles. The van der Waals surface area contributed by atoms with Gasteiger partial charge < -0.3 is 15.5 Å². The number of hydrogen-bond donors (Lipinski definition) is 2. The predicted octanol–water partition coefficient (Wildman–Crippen LogP) is 2.06. The molecule has 0 atom stereocenters. The fourth-order valence-corrected chi connectivity index (χ4v) is 2.42. The molecule has 1 aliphatic heterocycles. The van der Waals surface area contributed by atoms with E-state index in [1.807, 2.05) is 6.07 Å². The van der Waals surface area contributed by atoms with Gasteiger partial charge in [0.1, 0.15) is 0 Å². The average Bonchev–Trinajstić information content (AvgIpc) is 2.46. The normalized spacial score (nSPS) is 15.3. The van der Waals surface area contributed by atoms with Gasteiger partial charge in [-0.05, 0) is 51.8 Å². The average molecular weight is 317 g/mol. The summed E-state index contributed by atoms with van der Waals surface area (Å²) in [6.07, 6.45) is 2.43. The van der Waals surface area contributed by atoms with Crippen LogP contribution in [0.4, 0.5) is 11.4 Å². The van der Waals surface area contributed by atoms with Crippen LogP contribution in [-0.2, 0) is 14.4 Å². The van der Waals surface area contributed by atoms with Gasteiger partial charge in [0.25, 0.3) is 0 Å². The summed E-state index contributed by atoms with van der Waals surface area (Å²) in [6.45, 7) is 6.10. The van der Waals surface area contributed by atoms with Crippen LogP contribution in [-0.4, -0.2) is 29.8 Å². The maximum Gasteiger partial charge on any atom is 0.313 e. The van der Waals surface area contributed by atoms with Crippen LogP contribution >= 0.6 is 0 Å². The number of nitrogens with zero attached hydrogens (tertiary/aromatic N) is 1. The largest absolute Gasteiger partial charge is 0.343 e. The predicted molar refractivity (Wildman–Crippen MR) is 89.2 cm³/mol. The topological polar surface area (TPSA) is 78.5 Å². The van der Waals surface area contributed by atoms with E-state index in [9.17, 15) is 14.4 Å². The van der Waals surface area contributed by atoms with Crippen LogP contribution in [0, 0.1) is 0 Å². The van der Waals surface area contributed by atoms with Crippen LogP contribution in [0.1, 0.15) is 40.0 Å². The van der Waals surface area contributed by atoms with Gasteiger partial charge in [0.2, 0.25) is 5.91 Å². The SMILES string of the molecule is CC(C)(C)NC(=O)C(=O)Nc1cccc(N2CCCCC2=O)c1. The number of anilines is 2. The van der Waals surface area contributed by atoms with E-state index in [0.717, 1.165) is 18.5 Å². The molecule has 124 valence electrons. The monoisotopic (exact) mass is 317 g/mol. The highest BCUT2D eigenvalue weighted by Gasteiger charge is 2.22. The van der Waals surface area contributed by atoms with Crippen molar-refractivity contribution in [2.24, 2.45) is 0 Å². The van der Waals surface area contributed by atoms with E-state index in [4.69, 9.17) is 0 Å². The number of rotatable bonds is 2. The van der Waals surface area contributed by atoms with Crippen molar-refractivity contribution in [3.05, 3.63) is 24.3 Å². The van der Waals surface area contributed by atoms with E-state index in [2.05, 4.69) is 10.6 Å². The van der Waals surface area contributed by atoms with Gasteiger partial charge in [-0.3, -0.25) is 14.4 Å². The highest BCUT2D eigenvalue weighted by atomic mass is 16.2. The number of benzene rings is 1. The number of hydrogen-bond acceptors (Lipinski definition) is 3. The lowest BCUT2D eigenvalue weighted by molar-refractivity contribution is -0.137. The third-order valence-electron chi connectivity index (χ3n) is 3.43. The first-order valence-electron chi connectivity index (χ1n) is 7.80. The molecular weight excluding hydrogens is 294 g/mol. The lowest BCUT2D eigenvalue weighted by Crippen LogP contribution is -2.46. The highest BCUT2D eigenvalue weighted by Crippen LogP contribution is 2.23. The van der Waals surface area contributed by atoms with Crippen LogP contribution in [0.15, 0.2) is 24.3 Å². The summed E-state index contributed by atoms with van der Waals surface area (Å²) >= 11 is 0. The van der Waals surface area contributed by atoms with Crippen molar-refractivity contribution in [2.75, 3.05) is 16.8 Å². The van der Waals surface area contributed by atoms with Gasteiger partial charge in [0.15, 0.2) is 0 Å². The Balaban J connectivity index is 2.06. The minimum Gasteiger partial charge on any atom is -0.343 e. The van der Waals surface area contributed by atoms with E-state index in [0.29, 0.717) is 18.7 Å². The first-order valence-corrected chi connectivity index (χ1v) is 7.80. The van der Waals surface area contributed by atoms with Crippen molar-refractivity contribution in [2.45, 2.75) is 45.6 Å². The second-order valence-electron chi connectivity index (χ2n) is 6.71. The third-order valence-corrected chi connectivity index (χ3v) is 3.43. The smallest absolute Gasteiger partial charge is 0.313 e. The van der Waals surface area contributed by atoms with Gasteiger partial charge >= 0.3 is 11.8 Å². The van der Waals surface area contributed by atoms with Gasteiger partial charge in [-0.25, -0.2) is 0 Å². The van der Waals surface area contributed by atoms with Gasteiger partial charge in [-0.2, -0.15) is 0 Å². The molecule has 2 N–H and O–H groups in total. The Bertz CT molecular complexity index is 620. The number of piperidine rings is 1. The van der Waals surface area contributed by atoms with Crippen molar-refractivity contribution in [1.29, 1.82) is 0 Å². The molecule has 1 aliphatic rings. The molecule has 0 spiro atoms. The van der Waals surface area contributed by atoms with Crippen LogP contribution < -0.4 is 15.5 Å². The number of carbonyl (C=O) groups excluding carboxylic acids is 3. The van der Waals surface area contributed by atoms with Crippen LogP contribution in [0.3, 0.4) is 0 Å². The molecule has 3 amide bonds. The molecule has 6 heteroatoms. The van der Waals surface area contributed by atoms with Crippen LogP contribution in [0.5, 0.6) is 0 Å². The standard InChI is InChI=1S/C17H23N3O3/c1-17(2,3)19-16(23)15(22)18-12-7-6-8-13(11-12)20-10-5-4-9-14(20)21/h6-8,11H,4-5,9-10H2,1-3H3,(H,18,22)(H,19,23). The van der Waals surface area contributed by atoms with Crippen molar-refractivity contribution in [3.8, 4) is 0 Å². The Morgan fingerprint density at radius 1 is 1.13 bits per heavy atom. The summed E-state index contributed by atoms with van der Waals surface area (Å²) < 4.78 is 0. The Morgan fingerprint density at radius 3 is 2.52 bits per heavy atom. The summed E-state index contributed by atoms with van der Waals surface area (Å²) in [6, 6.07) is 6.99. The lowest BCUT2D eigenvalue weighted by Gasteiger charge is -2.27. The van der Waals surface area contributed by atoms with E-state index >= 15 is 0 Å². The zero-order valence-corrected chi connectivity index (χ0v) is 13.8. The van der Waals surface area contributed by atoms with E-state index in [1.165, 1.54) is 0 Å². The fraction of sp³-hybridized carbons (Fsp3) is 0.471. The van der Waals surface area contributed by atoms with Gasteiger partial charge in [-0.15, -0.1) is 0 Å². The van der Waals surface area contributed by atoms with Gasteiger partial charge in [-0.1, -0.05) is 6.07 Å². The number of carbonyl (C=O) groups is 3. The molecule has 0 aliphatic carbocycles. The van der Waals surface area contributed by atoms with Gasteiger partial charge in [0, 0.05) is 29.9 Å². The van der Waals surface area contributed by atoms with Crippen molar-refractivity contribution >= 4 is 29.1 Å². The zero-order chi connectivity index (χ0) is 17.0. The van der Waals surface area contributed by atoms with E-state index < -0.39 is 17.4 Å². The molecule has 0 saturated carbocycles. The minimum absolute atomic E-state index is 0.0882. The molecule has 2 rings (SSSR count). The second kappa shape index (κ2) is 6.81. The molecule has 1 aromatic carbocycles. The number of nitrogens with one attached hydrogen (secondary N) is 2. The molecule has 1 fully saturated rings. The first kappa shape index (κ1) is 17.0. The molecule has 1 saturated heterocycles. The van der Waals surface area contributed by atoms with E-state index in [-0.39, 0.29) is 5.91 Å². The van der Waals surface area contributed by atoms with Crippen LogP contribution in [0.25, 0.3) is 0 Å². The van der Waals surface area contributed by atoms with Crippen molar-refractivity contribution in [3.63, 3.8) is 0 Å². The molecule has 0 aromatic heterocycles. The second-order valence-corrected chi connectivity index (χ2v) is 6.71. The molecule has 0 radical (unpaired) electrons. The molecule has 23 heavy (non-hydrogen) atoms. The summed E-state index contributed by atoms with van der Waals surface area (Å²) in [7, 11) is 0. The molecule has 6 nitrogen and oxygen atoms in total.